The quantitative estimate of drug-likeness (QED) is 0.754. The van der Waals surface area contributed by atoms with Gasteiger partial charge in [0.15, 0.2) is 0 Å². The van der Waals surface area contributed by atoms with Crippen molar-refractivity contribution in [2.75, 3.05) is 26.7 Å². The van der Waals surface area contributed by atoms with Crippen LogP contribution < -0.4 is 5.32 Å². The summed E-state index contributed by atoms with van der Waals surface area (Å²) >= 11 is 0. The summed E-state index contributed by atoms with van der Waals surface area (Å²) in [5.41, 5.74) is 0. The molecule has 98 valence electrons. The lowest BCUT2D eigenvalue weighted by Crippen LogP contribution is -2.50. The summed E-state index contributed by atoms with van der Waals surface area (Å²) < 4.78 is 4.56. The lowest BCUT2D eigenvalue weighted by Gasteiger charge is -2.36. The molecule has 1 amide bonds. The van der Waals surface area contributed by atoms with E-state index in [4.69, 9.17) is 5.11 Å². The maximum atomic E-state index is 11.1. The second-order valence-electron chi connectivity index (χ2n) is 4.58. The van der Waals surface area contributed by atoms with Crippen molar-refractivity contribution in [3.63, 3.8) is 0 Å². The van der Waals surface area contributed by atoms with E-state index in [1.54, 1.807) is 0 Å². The number of piperidine rings is 1. The molecule has 1 heterocycles. The van der Waals surface area contributed by atoms with Gasteiger partial charge < -0.3 is 20.1 Å². The van der Waals surface area contributed by atoms with Gasteiger partial charge in [0.25, 0.3) is 0 Å². The molecule has 0 aromatic carbocycles. The minimum atomic E-state index is -0.791. The number of alkyl carbamates (subject to hydrolysis) is 1. The molecule has 0 spiro atoms. The van der Waals surface area contributed by atoms with Crippen LogP contribution in [0, 0.1) is 5.92 Å². The number of carboxylic acids is 1. The first kappa shape index (κ1) is 13.8. The Morgan fingerprint density at radius 3 is 2.76 bits per heavy atom. The number of likely N-dealkylation sites (tertiary alicyclic amines) is 1. The zero-order valence-corrected chi connectivity index (χ0v) is 10.3. The third kappa shape index (κ3) is 5.04. The van der Waals surface area contributed by atoms with Crippen molar-refractivity contribution in [1.82, 2.24) is 10.2 Å². The number of carboxylic acid groups (broad SMARTS) is 1. The number of ether oxygens (including phenoxy) is 1. The topological polar surface area (TPSA) is 78.9 Å². The molecule has 0 aromatic rings. The molecule has 2 atom stereocenters. The van der Waals surface area contributed by atoms with E-state index in [1.165, 1.54) is 7.11 Å². The molecular weight excluding hydrogens is 224 g/mol. The van der Waals surface area contributed by atoms with E-state index >= 15 is 0 Å². The molecule has 6 heteroatoms. The second kappa shape index (κ2) is 6.44. The van der Waals surface area contributed by atoms with Crippen LogP contribution in [0.2, 0.25) is 0 Å². The predicted molar refractivity (Wildman–Crippen MR) is 61.8 cm³/mol. The molecule has 0 aliphatic carbocycles. The van der Waals surface area contributed by atoms with Crippen molar-refractivity contribution in [3.05, 3.63) is 0 Å². The summed E-state index contributed by atoms with van der Waals surface area (Å²) in [6.07, 6.45) is 0.610. The first-order chi connectivity index (χ1) is 8.01. The number of aliphatic carboxylic acids is 1. The Morgan fingerprint density at radius 1 is 1.47 bits per heavy atom. The van der Waals surface area contributed by atoms with Gasteiger partial charge in [-0.2, -0.15) is 0 Å². The number of nitrogens with one attached hydrogen (secondary N) is 1. The molecule has 0 saturated carbocycles. The van der Waals surface area contributed by atoms with Crippen LogP contribution in [0.4, 0.5) is 4.79 Å². The summed E-state index contributed by atoms with van der Waals surface area (Å²) in [5.74, 6) is -0.347. The van der Waals surface area contributed by atoms with Gasteiger partial charge in [-0.25, -0.2) is 4.79 Å². The Balaban J connectivity index is 2.41. The molecule has 2 N–H and O–H groups in total. The maximum Gasteiger partial charge on any atom is 0.407 e. The summed E-state index contributed by atoms with van der Waals surface area (Å²) in [7, 11) is 1.34. The van der Waals surface area contributed by atoms with E-state index < -0.39 is 12.1 Å². The first-order valence-electron chi connectivity index (χ1n) is 5.80. The zero-order chi connectivity index (χ0) is 12.8. The molecule has 1 rings (SSSR count). The molecule has 1 aliphatic heterocycles. The van der Waals surface area contributed by atoms with Gasteiger partial charge in [0.05, 0.1) is 13.5 Å². The molecule has 1 fully saturated rings. The van der Waals surface area contributed by atoms with Crippen molar-refractivity contribution >= 4 is 12.1 Å². The van der Waals surface area contributed by atoms with Gasteiger partial charge in [0.2, 0.25) is 0 Å². The van der Waals surface area contributed by atoms with Crippen LogP contribution in [0.3, 0.4) is 0 Å². The van der Waals surface area contributed by atoms with Crippen LogP contribution in [0.15, 0.2) is 0 Å². The van der Waals surface area contributed by atoms with Crippen LogP contribution in [0.1, 0.15) is 19.8 Å². The largest absolute Gasteiger partial charge is 0.481 e. The standard InChI is InChI=1S/C11H20N2O4/c1-8-5-9(12-11(16)17-2)7-13(6-8)4-3-10(14)15/h8-9H,3-7H2,1-2H3,(H,12,16)(H,14,15). The summed E-state index contributed by atoms with van der Waals surface area (Å²) in [6, 6.07) is 0.0417. The number of carbonyl (C=O) groups is 2. The average molecular weight is 244 g/mol. The number of hydrogen-bond donors (Lipinski definition) is 2. The fourth-order valence-electron chi connectivity index (χ4n) is 2.23. The van der Waals surface area contributed by atoms with Gasteiger partial charge in [-0.15, -0.1) is 0 Å². The van der Waals surface area contributed by atoms with Crippen LogP contribution in [-0.4, -0.2) is 54.9 Å². The lowest BCUT2D eigenvalue weighted by molar-refractivity contribution is -0.137. The van der Waals surface area contributed by atoms with E-state index in [2.05, 4.69) is 21.9 Å². The maximum absolute atomic E-state index is 11.1. The number of amides is 1. The molecule has 1 aliphatic rings. The van der Waals surface area contributed by atoms with Crippen molar-refractivity contribution in [1.29, 1.82) is 0 Å². The Bertz CT molecular complexity index is 283. The highest BCUT2D eigenvalue weighted by molar-refractivity contribution is 5.67. The molecule has 0 radical (unpaired) electrons. The lowest BCUT2D eigenvalue weighted by atomic mass is 9.96. The molecular formula is C11H20N2O4. The van der Waals surface area contributed by atoms with Crippen LogP contribution in [0.5, 0.6) is 0 Å². The normalized spacial score (nSPS) is 25.3. The van der Waals surface area contributed by atoms with E-state index in [9.17, 15) is 9.59 Å². The van der Waals surface area contributed by atoms with Crippen LogP contribution in [-0.2, 0) is 9.53 Å². The SMILES string of the molecule is COC(=O)NC1CC(C)CN(CCC(=O)O)C1. The van der Waals surface area contributed by atoms with Crippen LogP contribution in [0.25, 0.3) is 0 Å². The number of rotatable bonds is 4. The van der Waals surface area contributed by atoms with Gasteiger partial charge in [0.1, 0.15) is 0 Å². The molecule has 2 unspecified atom stereocenters. The molecule has 17 heavy (non-hydrogen) atoms. The molecule has 0 bridgehead atoms. The predicted octanol–water partition coefficient (Wildman–Crippen LogP) is 0.527. The van der Waals surface area contributed by atoms with Crippen molar-refractivity contribution in [3.8, 4) is 0 Å². The van der Waals surface area contributed by atoms with Crippen molar-refractivity contribution < 1.29 is 19.4 Å². The number of carbonyl (C=O) groups excluding carboxylic acids is 1. The Hall–Kier alpha value is -1.30. The van der Waals surface area contributed by atoms with E-state index in [-0.39, 0.29) is 12.5 Å². The van der Waals surface area contributed by atoms with Crippen molar-refractivity contribution in [2.45, 2.75) is 25.8 Å². The van der Waals surface area contributed by atoms with E-state index in [0.29, 0.717) is 19.0 Å². The van der Waals surface area contributed by atoms with Gasteiger partial charge in [0, 0.05) is 25.7 Å². The number of nitrogens with zero attached hydrogens (tertiary/aromatic N) is 1. The number of methoxy groups -OCH3 is 1. The Morgan fingerprint density at radius 2 is 2.18 bits per heavy atom. The highest BCUT2D eigenvalue weighted by atomic mass is 16.5. The zero-order valence-electron chi connectivity index (χ0n) is 10.3. The molecule has 6 nitrogen and oxygen atoms in total. The smallest absolute Gasteiger partial charge is 0.407 e. The Labute approximate surface area is 101 Å². The highest BCUT2D eigenvalue weighted by Crippen LogP contribution is 2.16. The monoisotopic (exact) mass is 244 g/mol. The van der Waals surface area contributed by atoms with Gasteiger partial charge >= 0.3 is 12.1 Å². The first-order valence-corrected chi connectivity index (χ1v) is 5.80. The van der Waals surface area contributed by atoms with Gasteiger partial charge in [-0.3, -0.25) is 4.79 Å². The third-order valence-electron chi connectivity index (χ3n) is 2.88. The third-order valence-corrected chi connectivity index (χ3v) is 2.88. The minimum Gasteiger partial charge on any atom is -0.481 e. The minimum absolute atomic E-state index is 0.0417. The van der Waals surface area contributed by atoms with Crippen LogP contribution >= 0.6 is 0 Å². The fourth-order valence-corrected chi connectivity index (χ4v) is 2.23. The molecule has 1 saturated heterocycles. The number of hydrogen-bond acceptors (Lipinski definition) is 4. The van der Waals surface area contributed by atoms with Gasteiger partial charge in [-0.05, 0) is 12.3 Å². The second-order valence-corrected chi connectivity index (χ2v) is 4.58. The average Bonchev–Trinajstić information content (AvgIpc) is 2.25. The fraction of sp³-hybridized carbons (Fsp3) is 0.818. The molecule has 0 aromatic heterocycles. The highest BCUT2D eigenvalue weighted by Gasteiger charge is 2.26. The van der Waals surface area contributed by atoms with E-state index in [0.717, 1.165) is 13.0 Å². The summed E-state index contributed by atoms with van der Waals surface area (Å²) in [6.45, 7) is 4.19. The van der Waals surface area contributed by atoms with Gasteiger partial charge in [-0.1, -0.05) is 6.92 Å². The Kier molecular flexibility index (Phi) is 5.21. The summed E-state index contributed by atoms with van der Waals surface area (Å²) in [4.78, 5) is 23.7. The van der Waals surface area contributed by atoms with Crippen molar-refractivity contribution in [2.24, 2.45) is 5.92 Å². The summed E-state index contributed by atoms with van der Waals surface area (Å²) in [5, 5.41) is 11.4. The van der Waals surface area contributed by atoms with E-state index in [1.807, 2.05) is 0 Å².